The van der Waals surface area contributed by atoms with E-state index < -0.39 is 0 Å². The van der Waals surface area contributed by atoms with Gasteiger partial charge in [0.05, 0.1) is 0 Å². The molecule has 0 nitrogen and oxygen atoms in total. The molecule has 0 aromatic rings. The van der Waals surface area contributed by atoms with Gasteiger partial charge >= 0.3 is 65.3 Å². The third kappa shape index (κ3) is 3.87. The van der Waals surface area contributed by atoms with Crippen molar-refractivity contribution in [1.82, 2.24) is 0 Å². The van der Waals surface area contributed by atoms with Crippen LogP contribution in [0.4, 0.5) is 0 Å². The molecule has 0 aliphatic heterocycles. The summed E-state index contributed by atoms with van der Waals surface area (Å²) < 4.78 is 0. The van der Waals surface area contributed by atoms with E-state index in [-0.39, 0.29) is 0 Å². The van der Waals surface area contributed by atoms with E-state index >= 15 is 0 Å². The van der Waals surface area contributed by atoms with Crippen molar-refractivity contribution in [2.45, 2.75) is 40.5 Å². The van der Waals surface area contributed by atoms with Gasteiger partial charge in [-0.25, -0.2) is 0 Å². The summed E-state index contributed by atoms with van der Waals surface area (Å²) in [5.41, 5.74) is 1.15. The second-order valence-electron chi connectivity index (χ2n) is 3.45. The quantitative estimate of drug-likeness (QED) is 0.522. The third-order valence-corrected chi connectivity index (χ3v) is 2.02. The Balaban J connectivity index is 3.57. The normalized spacial score (nSPS) is 13.6. The monoisotopic (exact) mass is 137 g/mol. The molecule has 0 saturated carbocycles. The summed E-state index contributed by atoms with van der Waals surface area (Å²) in [4.78, 5) is 0. The standard InChI is InChI=1S/C9H18B/c1-5-8(4)6-9(10)7(2)3/h7-8H,5-6H2,1-4H3. The van der Waals surface area contributed by atoms with E-state index in [1.54, 1.807) is 0 Å². The van der Waals surface area contributed by atoms with E-state index in [2.05, 4.69) is 27.7 Å². The van der Waals surface area contributed by atoms with Crippen molar-refractivity contribution in [2.75, 3.05) is 0 Å². The Morgan fingerprint density at radius 3 is 2.10 bits per heavy atom. The van der Waals surface area contributed by atoms with Crippen molar-refractivity contribution in [3.05, 3.63) is 0 Å². The van der Waals surface area contributed by atoms with E-state index in [0.29, 0.717) is 5.92 Å². The van der Waals surface area contributed by atoms with Crippen molar-refractivity contribution in [3.63, 3.8) is 0 Å². The predicted octanol–water partition coefficient (Wildman–Crippen LogP) is 2.42. The summed E-state index contributed by atoms with van der Waals surface area (Å²) in [6, 6.07) is 0. The third-order valence-electron chi connectivity index (χ3n) is 2.02. The number of hydrogen-bond donors (Lipinski definition) is 0. The van der Waals surface area contributed by atoms with E-state index in [1.165, 1.54) is 6.42 Å². The summed E-state index contributed by atoms with van der Waals surface area (Å²) >= 11 is 0. The molecular weight excluding hydrogens is 119 g/mol. The molecule has 10 heavy (non-hydrogen) atoms. The van der Waals surface area contributed by atoms with Crippen molar-refractivity contribution >= 4 is 13.0 Å². The predicted molar refractivity (Wildman–Crippen MR) is 49.7 cm³/mol. The maximum atomic E-state index is 5.81. The van der Waals surface area contributed by atoms with E-state index in [1.807, 2.05) is 0 Å². The zero-order valence-corrected chi connectivity index (χ0v) is 7.65. The second kappa shape index (κ2) is 4.70. The van der Waals surface area contributed by atoms with Crippen LogP contribution in [0.15, 0.2) is 0 Å². The minimum atomic E-state index is 0.550. The van der Waals surface area contributed by atoms with Gasteiger partial charge in [-0.1, -0.05) is 0 Å². The first-order valence-corrected chi connectivity index (χ1v) is 4.19. The number of hydrogen-bond acceptors (Lipinski definition) is 0. The Labute approximate surface area is 66.1 Å². The van der Waals surface area contributed by atoms with Gasteiger partial charge in [0.1, 0.15) is 0 Å². The fraction of sp³-hybridized carbons (Fsp3) is 0.889. The summed E-state index contributed by atoms with van der Waals surface area (Å²) in [7, 11) is 5.81. The van der Waals surface area contributed by atoms with Crippen LogP contribution in [0.2, 0.25) is 0 Å². The molecule has 0 heterocycles. The fourth-order valence-corrected chi connectivity index (χ4v) is 0.782. The van der Waals surface area contributed by atoms with Gasteiger partial charge in [0.15, 0.2) is 0 Å². The molecule has 1 radical (unpaired) electrons. The van der Waals surface area contributed by atoms with Gasteiger partial charge in [-0.3, -0.25) is 0 Å². The zero-order valence-electron chi connectivity index (χ0n) is 7.65. The van der Waals surface area contributed by atoms with E-state index in [4.69, 9.17) is 7.49 Å². The zero-order chi connectivity index (χ0) is 8.15. The van der Waals surface area contributed by atoms with Crippen LogP contribution in [-0.2, 0) is 0 Å². The van der Waals surface area contributed by atoms with Gasteiger partial charge in [0, 0.05) is 0 Å². The van der Waals surface area contributed by atoms with E-state index in [9.17, 15) is 0 Å². The molecule has 0 saturated heterocycles. The molecule has 1 unspecified atom stereocenters. The van der Waals surface area contributed by atoms with Gasteiger partial charge in [0.2, 0.25) is 0 Å². The Morgan fingerprint density at radius 1 is 1.30 bits per heavy atom. The summed E-state index contributed by atoms with van der Waals surface area (Å²) in [5.74, 6) is 1.30. The maximum absolute atomic E-state index is 5.81. The molecule has 0 aromatic carbocycles. The van der Waals surface area contributed by atoms with Gasteiger partial charge in [-0.05, 0) is 0 Å². The SMILES string of the molecule is [B]=C(CC(C)CC)C(C)C. The second-order valence-corrected chi connectivity index (χ2v) is 3.45. The average Bonchev–Trinajstić information content (AvgIpc) is 1.87. The molecule has 1 atom stereocenters. The molecule has 0 aliphatic carbocycles. The van der Waals surface area contributed by atoms with Crippen molar-refractivity contribution in [3.8, 4) is 0 Å². The van der Waals surface area contributed by atoms with Crippen LogP contribution in [0.1, 0.15) is 40.5 Å². The van der Waals surface area contributed by atoms with Crippen LogP contribution in [0.5, 0.6) is 0 Å². The van der Waals surface area contributed by atoms with Crippen molar-refractivity contribution in [1.29, 1.82) is 0 Å². The summed E-state index contributed by atoms with van der Waals surface area (Å²) in [6.45, 7) is 8.75. The average molecular weight is 137 g/mol. The molecule has 0 spiro atoms. The van der Waals surface area contributed by atoms with Crippen LogP contribution in [0.3, 0.4) is 0 Å². The molecule has 0 amide bonds. The van der Waals surface area contributed by atoms with Gasteiger partial charge in [0.25, 0.3) is 0 Å². The summed E-state index contributed by atoms with van der Waals surface area (Å²) in [6.07, 6.45) is 2.32. The molecular formula is C9H18B. The first kappa shape index (κ1) is 9.93. The molecule has 0 bridgehead atoms. The Bertz CT molecular complexity index is 105. The van der Waals surface area contributed by atoms with Crippen LogP contribution in [0, 0.1) is 11.8 Å². The van der Waals surface area contributed by atoms with Crippen LogP contribution in [-0.4, -0.2) is 13.0 Å². The fourth-order valence-electron chi connectivity index (χ4n) is 0.782. The number of rotatable bonds is 4. The first-order valence-electron chi connectivity index (χ1n) is 4.19. The van der Waals surface area contributed by atoms with Gasteiger partial charge < -0.3 is 0 Å². The summed E-state index contributed by atoms with van der Waals surface area (Å²) in [5, 5.41) is 0. The topological polar surface area (TPSA) is 0 Å². The van der Waals surface area contributed by atoms with Crippen molar-refractivity contribution < 1.29 is 0 Å². The Hall–Kier alpha value is -0.0651. The molecule has 0 aliphatic rings. The molecule has 57 valence electrons. The minimum absolute atomic E-state index is 0.550. The first-order chi connectivity index (χ1) is 4.57. The van der Waals surface area contributed by atoms with Crippen LogP contribution in [0.25, 0.3) is 0 Å². The molecule has 0 N–H and O–H groups in total. The Morgan fingerprint density at radius 2 is 1.80 bits per heavy atom. The van der Waals surface area contributed by atoms with Crippen molar-refractivity contribution in [2.24, 2.45) is 11.8 Å². The van der Waals surface area contributed by atoms with Gasteiger partial charge in [-0.15, -0.1) is 0 Å². The molecule has 0 rings (SSSR count). The van der Waals surface area contributed by atoms with E-state index in [0.717, 1.165) is 17.8 Å². The Kier molecular flexibility index (Phi) is 4.67. The van der Waals surface area contributed by atoms with Crippen LogP contribution < -0.4 is 0 Å². The van der Waals surface area contributed by atoms with Crippen LogP contribution >= 0.6 is 0 Å². The van der Waals surface area contributed by atoms with Gasteiger partial charge in [-0.2, -0.15) is 0 Å². The molecule has 1 heteroatoms. The molecule has 0 aromatic heterocycles. The molecule has 0 fully saturated rings.